The minimum absolute atomic E-state index is 0.0471. The van der Waals surface area contributed by atoms with Crippen LogP contribution >= 0.6 is 22.6 Å². The molecule has 0 spiro atoms. The maximum absolute atomic E-state index is 11.7. The molecule has 0 aliphatic heterocycles. The predicted molar refractivity (Wildman–Crippen MR) is 88.1 cm³/mol. The second-order valence-corrected chi connectivity index (χ2v) is 6.38. The van der Waals surface area contributed by atoms with Crippen molar-refractivity contribution in [2.24, 2.45) is 0 Å². The zero-order valence-corrected chi connectivity index (χ0v) is 14.3. The van der Waals surface area contributed by atoms with Gasteiger partial charge in [-0.2, -0.15) is 0 Å². The van der Waals surface area contributed by atoms with Gasteiger partial charge < -0.3 is 14.8 Å². The van der Waals surface area contributed by atoms with E-state index in [2.05, 4.69) is 27.9 Å². The van der Waals surface area contributed by atoms with Crippen LogP contribution in [-0.4, -0.2) is 28.8 Å². The fraction of sp³-hybridized carbons (Fsp3) is 0.533. The quantitative estimate of drug-likeness (QED) is 0.596. The van der Waals surface area contributed by atoms with E-state index in [0.29, 0.717) is 13.2 Å². The number of ether oxygens (including phenoxy) is 2. The number of hydrogen-bond acceptors (Lipinski definition) is 3. The summed E-state index contributed by atoms with van der Waals surface area (Å²) in [6.07, 6.45) is -0.400. The Labute approximate surface area is 134 Å². The van der Waals surface area contributed by atoms with Crippen LogP contribution in [0.15, 0.2) is 30.3 Å². The minimum atomic E-state index is -0.481. The largest absolute Gasteiger partial charge is 0.444 e. The Hall–Kier alpha value is -0.820. The van der Waals surface area contributed by atoms with E-state index >= 15 is 0 Å². The van der Waals surface area contributed by atoms with Gasteiger partial charge in [0.05, 0.1) is 19.3 Å². The van der Waals surface area contributed by atoms with Gasteiger partial charge >= 0.3 is 6.09 Å². The number of hydrogen-bond donors (Lipinski definition) is 1. The molecule has 0 fully saturated rings. The van der Waals surface area contributed by atoms with Gasteiger partial charge in [-0.1, -0.05) is 52.9 Å². The third kappa shape index (κ3) is 7.69. The highest BCUT2D eigenvalue weighted by atomic mass is 127. The Bertz CT molecular complexity index is 403. The average Bonchev–Trinajstić information content (AvgIpc) is 2.36. The van der Waals surface area contributed by atoms with Crippen LogP contribution in [0.1, 0.15) is 26.3 Å². The molecule has 0 heterocycles. The first-order chi connectivity index (χ1) is 9.40. The molecule has 1 atom stereocenters. The summed E-state index contributed by atoms with van der Waals surface area (Å²) >= 11 is 2.22. The van der Waals surface area contributed by atoms with Crippen LogP contribution in [0.3, 0.4) is 0 Å². The lowest BCUT2D eigenvalue weighted by atomic mass is 10.2. The lowest BCUT2D eigenvalue weighted by Gasteiger charge is -2.22. The van der Waals surface area contributed by atoms with Crippen LogP contribution in [0, 0.1) is 0 Å². The van der Waals surface area contributed by atoms with Gasteiger partial charge in [0.1, 0.15) is 5.60 Å². The van der Waals surface area contributed by atoms with Crippen LogP contribution in [0.2, 0.25) is 0 Å². The molecular weight excluding hydrogens is 369 g/mol. The van der Waals surface area contributed by atoms with E-state index in [1.54, 1.807) is 0 Å². The summed E-state index contributed by atoms with van der Waals surface area (Å²) in [5.74, 6) is 0. The number of nitrogens with one attached hydrogen (secondary N) is 1. The minimum Gasteiger partial charge on any atom is -0.444 e. The predicted octanol–water partition coefficient (Wildman–Crippen LogP) is 3.53. The molecule has 1 unspecified atom stereocenters. The number of benzene rings is 1. The molecule has 0 aromatic heterocycles. The van der Waals surface area contributed by atoms with Crippen LogP contribution in [-0.2, 0) is 16.1 Å². The zero-order chi connectivity index (χ0) is 15.0. The Kier molecular flexibility index (Phi) is 7.29. The summed E-state index contributed by atoms with van der Waals surface area (Å²) < 4.78 is 11.6. The lowest BCUT2D eigenvalue weighted by Crippen LogP contribution is -2.42. The number of amides is 1. The van der Waals surface area contributed by atoms with E-state index in [-0.39, 0.29) is 6.04 Å². The summed E-state index contributed by atoms with van der Waals surface area (Å²) in [6.45, 7) is 6.55. The van der Waals surface area contributed by atoms with Crippen molar-refractivity contribution in [3.63, 3.8) is 0 Å². The smallest absolute Gasteiger partial charge is 0.407 e. The van der Waals surface area contributed by atoms with Gasteiger partial charge in [-0.25, -0.2) is 4.79 Å². The Morgan fingerprint density at radius 3 is 2.50 bits per heavy atom. The van der Waals surface area contributed by atoms with E-state index in [9.17, 15) is 4.79 Å². The lowest BCUT2D eigenvalue weighted by molar-refractivity contribution is 0.0447. The normalized spacial score (nSPS) is 12.8. The van der Waals surface area contributed by atoms with Crippen molar-refractivity contribution in [1.29, 1.82) is 0 Å². The summed E-state index contributed by atoms with van der Waals surface area (Å²) in [4.78, 5) is 11.7. The molecule has 0 bridgehead atoms. The van der Waals surface area contributed by atoms with Gasteiger partial charge in [0.25, 0.3) is 0 Å². The number of carbonyl (C=O) groups excluding carboxylic acids is 1. The van der Waals surface area contributed by atoms with Crippen LogP contribution in [0.25, 0.3) is 0 Å². The summed E-state index contributed by atoms with van der Waals surface area (Å²) in [7, 11) is 0. The molecule has 1 aromatic rings. The molecule has 0 saturated heterocycles. The maximum Gasteiger partial charge on any atom is 0.407 e. The fourth-order valence-corrected chi connectivity index (χ4v) is 1.97. The number of alkyl carbamates (subject to hydrolysis) is 1. The molecule has 4 nitrogen and oxygen atoms in total. The number of rotatable bonds is 6. The van der Waals surface area contributed by atoms with Crippen molar-refractivity contribution >= 4 is 28.7 Å². The summed E-state index contributed by atoms with van der Waals surface area (Å²) in [5.41, 5.74) is 0.641. The first-order valence-corrected chi connectivity index (χ1v) is 8.10. The molecule has 0 aliphatic carbocycles. The monoisotopic (exact) mass is 391 g/mol. The van der Waals surface area contributed by atoms with Crippen molar-refractivity contribution in [3.8, 4) is 0 Å². The van der Waals surface area contributed by atoms with Crippen molar-refractivity contribution in [3.05, 3.63) is 35.9 Å². The highest BCUT2D eigenvalue weighted by Crippen LogP contribution is 2.07. The molecule has 1 aromatic carbocycles. The zero-order valence-electron chi connectivity index (χ0n) is 12.2. The third-order valence-corrected chi connectivity index (χ3v) is 3.40. The first kappa shape index (κ1) is 17.2. The highest BCUT2D eigenvalue weighted by Gasteiger charge is 2.19. The second-order valence-electron chi connectivity index (χ2n) is 5.50. The third-order valence-electron chi connectivity index (χ3n) is 2.34. The Morgan fingerprint density at radius 1 is 1.30 bits per heavy atom. The number of halogens is 1. The van der Waals surface area contributed by atoms with Gasteiger partial charge in [-0.3, -0.25) is 0 Å². The van der Waals surface area contributed by atoms with Crippen LogP contribution in [0.5, 0.6) is 0 Å². The van der Waals surface area contributed by atoms with Crippen molar-refractivity contribution in [2.75, 3.05) is 11.0 Å². The van der Waals surface area contributed by atoms with Gasteiger partial charge in [0.15, 0.2) is 0 Å². The van der Waals surface area contributed by atoms with Crippen molar-refractivity contribution in [1.82, 2.24) is 5.32 Å². The van der Waals surface area contributed by atoms with Gasteiger partial charge in [0.2, 0.25) is 0 Å². The molecule has 5 heteroatoms. The van der Waals surface area contributed by atoms with Gasteiger partial charge in [-0.15, -0.1) is 0 Å². The first-order valence-electron chi connectivity index (χ1n) is 6.58. The standard InChI is InChI=1S/C15H22INO3/c1-15(2,3)20-14(18)17-13(9-16)11-19-10-12-7-5-4-6-8-12/h4-8,13H,9-11H2,1-3H3,(H,17,18). The van der Waals surface area contributed by atoms with Crippen molar-refractivity contribution < 1.29 is 14.3 Å². The highest BCUT2D eigenvalue weighted by molar-refractivity contribution is 14.1. The van der Waals surface area contributed by atoms with E-state index in [0.717, 1.165) is 9.99 Å². The number of alkyl halides is 1. The summed E-state index contributed by atoms with van der Waals surface area (Å²) in [5, 5.41) is 2.82. The molecule has 112 valence electrons. The Balaban J connectivity index is 2.31. The Morgan fingerprint density at radius 2 is 1.95 bits per heavy atom. The molecule has 1 N–H and O–H groups in total. The summed E-state index contributed by atoms with van der Waals surface area (Å²) in [6, 6.07) is 9.91. The fourth-order valence-electron chi connectivity index (χ4n) is 1.49. The second kappa shape index (κ2) is 8.46. The van der Waals surface area contributed by atoms with E-state index in [1.165, 1.54) is 0 Å². The molecule has 1 rings (SSSR count). The average molecular weight is 391 g/mol. The molecule has 1 amide bonds. The molecular formula is C15H22INO3. The van der Waals surface area contributed by atoms with Crippen LogP contribution < -0.4 is 5.32 Å². The van der Waals surface area contributed by atoms with Crippen molar-refractivity contribution in [2.45, 2.75) is 39.0 Å². The van der Waals surface area contributed by atoms with E-state index in [1.807, 2.05) is 51.1 Å². The molecule has 0 aliphatic rings. The maximum atomic E-state index is 11.7. The van der Waals surface area contributed by atoms with Gasteiger partial charge in [0, 0.05) is 4.43 Å². The molecule has 0 radical (unpaired) electrons. The van der Waals surface area contributed by atoms with Crippen LogP contribution in [0.4, 0.5) is 4.79 Å². The topological polar surface area (TPSA) is 47.6 Å². The molecule has 0 saturated carbocycles. The molecule has 20 heavy (non-hydrogen) atoms. The van der Waals surface area contributed by atoms with E-state index < -0.39 is 11.7 Å². The van der Waals surface area contributed by atoms with E-state index in [4.69, 9.17) is 9.47 Å². The number of carbonyl (C=O) groups is 1. The van der Waals surface area contributed by atoms with Gasteiger partial charge in [-0.05, 0) is 26.3 Å². The SMILES string of the molecule is CC(C)(C)OC(=O)NC(CI)COCc1ccccc1.